The first-order valence-corrected chi connectivity index (χ1v) is 8.23. The van der Waals surface area contributed by atoms with Gasteiger partial charge in [-0.3, -0.25) is 0 Å². The number of aromatic nitrogens is 3. The Morgan fingerprint density at radius 1 is 1.26 bits per heavy atom. The van der Waals surface area contributed by atoms with Gasteiger partial charge in [0.2, 0.25) is 0 Å². The van der Waals surface area contributed by atoms with E-state index in [2.05, 4.69) is 55.3 Å². The molecular formula is C18H25N3O2. The minimum Gasteiger partial charge on any atom is -0.390 e. The highest BCUT2D eigenvalue weighted by atomic mass is 16.5. The molecule has 1 aromatic heterocycles. The van der Waals surface area contributed by atoms with Crippen LogP contribution in [0.1, 0.15) is 62.2 Å². The molecule has 1 aliphatic heterocycles. The Labute approximate surface area is 137 Å². The average Bonchev–Trinajstić information content (AvgIpc) is 3.15. The molecule has 1 saturated heterocycles. The highest BCUT2D eigenvalue weighted by Crippen LogP contribution is 2.30. The van der Waals surface area contributed by atoms with E-state index in [0.717, 1.165) is 25.1 Å². The van der Waals surface area contributed by atoms with E-state index in [-0.39, 0.29) is 18.1 Å². The number of benzene rings is 1. The number of ether oxygens (including phenoxy) is 1. The van der Waals surface area contributed by atoms with Crippen molar-refractivity contribution in [3.8, 4) is 0 Å². The number of aliphatic hydroxyl groups is 1. The molecule has 2 heterocycles. The summed E-state index contributed by atoms with van der Waals surface area (Å²) in [5.41, 5.74) is 4.19. The molecule has 0 spiro atoms. The Balaban J connectivity index is 1.84. The lowest BCUT2D eigenvalue weighted by molar-refractivity contribution is 0.102. The third-order valence-corrected chi connectivity index (χ3v) is 4.38. The van der Waals surface area contributed by atoms with Crippen molar-refractivity contribution in [3.63, 3.8) is 0 Å². The fourth-order valence-electron chi connectivity index (χ4n) is 3.01. The van der Waals surface area contributed by atoms with E-state index in [4.69, 9.17) is 4.74 Å². The molecule has 0 saturated carbocycles. The van der Waals surface area contributed by atoms with Crippen molar-refractivity contribution in [2.45, 2.75) is 58.3 Å². The summed E-state index contributed by atoms with van der Waals surface area (Å²) in [7, 11) is 0. The number of hydrogen-bond acceptors (Lipinski definition) is 4. The van der Waals surface area contributed by atoms with Gasteiger partial charge in [0.15, 0.2) is 0 Å². The van der Waals surface area contributed by atoms with Gasteiger partial charge in [-0.2, -0.15) is 0 Å². The molecule has 1 fully saturated rings. The van der Waals surface area contributed by atoms with E-state index in [1.165, 1.54) is 11.1 Å². The lowest BCUT2D eigenvalue weighted by Gasteiger charge is -2.19. The van der Waals surface area contributed by atoms with Gasteiger partial charge < -0.3 is 9.84 Å². The van der Waals surface area contributed by atoms with Gasteiger partial charge in [-0.1, -0.05) is 50.3 Å². The summed E-state index contributed by atoms with van der Waals surface area (Å²) in [5.74, 6) is 0. The molecule has 5 nitrogen and oxygen atoms in total. The maximum atomic E-state index is 9.51. The van der Waals surface area contributed by atoms with Gasteiger partial charge in [0.05, 0.1) is 18.8 Å². The lowest BCUT2D eigenvalue weighted by atomic mass is 9.87. The van der Waals surface area contributed by atoms with Crippen LogP contribution in [0.15, 0.2) is 24.3 Å². The molecule has 0 amide bonds. The molecule has 124 valence electrons. The fourth-order valence-corrected chi connectivity index (χ4v) is 3.01. The largest absolute Gasteiger partial charge is 0.390 e. The maximum Gasteiger partial charge on any atom is 0.114 e. The van der Waals surface area contributed by atoms with Crippen LogP contribution in [0.4, 0.5) is 0 Å². The van der Waals surface area contributed by atoms with Crippen molar-refractivity contribution >= 4 is 0 Å². The second kappa shape index (κ2) is 6.42. The van der Waals surface area contributed by atoms with Crippen LogP contribution in [-0.2, 0) is 23.3 Å². The zero-order chi connectivity index (χ0) is 16.4. The molecule has 3 rings (SSSR count). The molecular weight excluding hydrogens is 290 g/mol. The van der Waals surface area contributed by atoms with E-state index >= 15 is 0 Å². The predicted octanol–water partition coefficient (Wildman–Crippen LogP) is 2.97. The normalized spacial score (nSPS) is 18.5. The predicted molar refractivity (Wildman–Crippen MR) is 88.1 cm³/mol. The van der Waals surface area contributed by atoms with Gasteiger partial charge in [0.1, 0.15) is 11.8 Å². The third kappa shape index (κ3) is 3.46. The molecule has 23 heavy (non-hydrogen) atoms. The first kappa shape index (κ1) is 16.1. The van der Waals surface area contributed by atoms with Gasteiger partial charge in [-0.15, -0.1) is 5.10 Å². The van der Waals surface area contributed by atoms with E-state index in [0.29, 0.717) is 12.2 Å². The molecule has 2 aromatic rings. The highest BCUT2D eigenvalue weighted by Gasteiger charge is 2.26. The summed E-state index contributed by atoms with van der Waals surface area (Å²) in [6.07, 6.45) is 2.01. The minimum absolute atomic E-state index is 0.000924. The van der Waals surface area contributed by atoms with Crippen LogP contribution in [0.5, 0.6) is 0 Å². The Hall–Kier alpha value is -1.72. The molecule has 0 bridgehead atoms. The van der Waals surface area contributed by atoms with Crippen LogP contribution in [0.25, 0.3) is 0 Å². The van der Waals surface area contributed by atoms with Crippen molar-refractivity contribution in [1.82, 2.24) is 15.0 Å². The molecule has 1 N–H and O–H groups in total. The van der Waals surface area contributed by atoms with Gasteiger partial charge in [0.25, 0.3) is 0 Å². The van der Waals surface area contributed by atoms with Crippen LogP contribution < -0.4 is 0 Å². The summed E-state index contributed by atoms with van der Waals surface area (Å²) in [4.78, 5) is 0. The quantitative estimate of drug-likeness (QED) is 0.942. The molecule has 0 radical (unpaired) electrons. The third-order valence-electron chi connectivity index (χ3n) is 4.38. The zero-order valence-electron chi connectivity index (χ0n) is 14.1. The van der Waals surface area contributed by atoms with Crippen molar-refractivity contribution in [1.29, 1.82) is 0 Å². The summed E-state index contributed by atoms with van der Waals surface area (Å²) in [6.45, 7) is 7.94. The van der Waals surface area contributed by atoms with Crippen LogP contribution in [0.2, 0.25) is 0 Å². The first-order valence-electron chi connectivity index (χ1n) is 8.23. The Morgan fingerprint density at radius 3 is 2.57 bits per heavy atom. The van der Waals surface area contributed by atoms with Crippen LogP contribution in [0.3, 0.4) is 0 Å². The summed E-state index contributed by atoms with van der Waals surface area (Å²) in [6, 6.07) is 8.62. The average molecular weight is 315 g/mol. The van der Waals surface area contributed by atoms with Crippen LogP contribution in [0, 0.1) is 0 Å². The monoisotopic (exact) mass is 315 g/mol. The smallest absolute Gasteiger partial charge is 0.114 e. The Morgan fingerprint density at radius 2 is 2.00 bits per heavy atom. The number of aliphatic hydroxyl groups excluding tert-OH is 1. The minimum atomic E-state index is -0.0991. The van der Waals surface area contributed by atoms with E-state index in [1.807, 2.05) is 4.68 Å². The molecule has 1 aliphatic rings. The summed E-state index contributed by atoms with van der Waals surface area (Å²) >= 11 is 0. The van der Waals surface area contributed by atoms with Gasteiger partial charge >= 0.3 is 0 Å². The zero-order valence-corrected chi connectivity index (χ0v) is 14.1. The molecule has 5 heteroatoms. The van der Waals surface area contributed by atoms with E-state index in [9.17, 15) is 5.11 Å². The van der Waals surface area contributed by atoms with Crippen molar-refractivity contribution < 1.29 is 9.84 Å². The molecule has 1 aromatic carbocycles. The summed E-state index contributed by atoms with van der Waals surface area (Å²) in [5, 5.41) is 17.9. The SMILES string of the molecule is CC(C)(C)c1ccc(Cn2nnc(CO)c2C2CCCO2)cc1. The molecule has 0 aliphatic carbocycles. The van der Waals surface area contributed by atoms with E-state index < -0.39 is 0 Å². The summed E-state index contributed by atoms with van der Waals surface area (Å²) < 4.78 is 7.64. The first-order chi connectivity index (χ1) is 11.0. The maximum absolute atomic E-state index is 9.51. The number of hydrogen-bond donors (Lipinski definition) is 1. The van der Waals surface area contributed by atoms with Gasteiger partial charge in [0, 0.05) is 6.61 Å². The highest BCUT2D eigenvalue weighted by molar-refractivity contribution is 5.28. The van der Waals surface area contributed by atoms with Crippen molar-refractivity contribution in [3.05, 3.63) is 46.8 Å². The van der Waals surface area contributed by atoms with E-state index in [1.54, 1.807) is 0 Å². The van der Waals surface area contributed by atoms with Gasteiger partial charge in [-0.25, -0.2) is 4.68 Å². The fraction of sp³-hybridized carbons (Fsp3) is 0.556. The number of rotatable bonds is 4. The van der Waals surface area contributed by atoms with Crippen LogP contribution >= 0.6 is 0 Å². The van der Waals surface area contributed by atoms with Crippen molar-refractivity contribution in [2.75, 3.05) is 6.61 Å². The second-order valence-electron chi connectivity index (χ2n) is 7.19. The standard InChI is InChI=1S/C18H25N3O2/c1-18(2,3)14-8-6-13(7-9-14)11-21-17(15(12-22)19-20-21)16-5-4-10-23-16/h6-9,16,22H,4-5,10-12H2,1-3H3. The van der Waals surface area contributed by atoms with Crippen molar-refractivity contribution in [2.24, 2.45) is 0 Å². The molecule has 1 unspecified atom stereocenters. The molecule has 1 atom stereocenters. The van der Waals surface area contributed by atoms with Gasteiger partial charge in [-0.05, 0) is 29.4 Å². The second-order valence-corrected chi connectivity index (χ2v) is 7.19. The Kier molecular flexibility index (Phi) is 4.50. The number of nitrogens with zero attached hydrogens (tertiary/aromatic N) is 3. The Bertz CT molecular complexity index is 650. The van der Waals surface area contributed by atoms with Crippen LogP contribution in [-0.4, -0.2) is 26.7 Å². The lowest BCUT2D eigenvalue weighted by Crippen LogP contribution is -2.13. The topological polar surface area (TPSA) is 60.2 Å².